The molecule has 1 heterocycles. The van der Waals surface area contributed by atoms with Crippen LogP contribution in [0.3, 0.4) is 0 Å². The number of H-pyrrole nitrogens is 1. The number of rotatable bonds is 3. The Balaban J connectivity index is 2.54. The van der Waals surface area contributed by atoms with E-state index in [0.29, 0.717) is 6.54 Å². The molecule has 0 radical (unpaired) electrons. The summed E-state index contributed by atoms with van der Waals surface area (Å²) in [6.07, 6.45) is 0. The second-order valence-corrected chi connectivity index (χ2v) is 4.64. The maximum absolute atomic E-state index is 11.9. The monoisotopic (exact) mass is 245 g/mol. The zero-order valence-corrected chi connectivity index (χ0v) is 11.3. The molecule has 4 heteroatoms. The van der Waals surface area contributed by atoms with Crippen LogP contribution in [-0.2, 0) is 6.54 Å². The summed E-state index contributed by atoms with van der Waals surface area (Å²) in [5, 5.41) is 5.90. The molecule has 1 aromatic heterocycles. The van der Waals surface area contributed by atoms with Crippen molar-refractivity contribution in [3.63, 3.8) is 0 Å². The maximum atomic E-state index is 11.9. The van der Waals surface area contributed by atoms with Gasteiger partial charge in [0.2, 0.25) is 0 Å². The van der Waals surface area contributed by atoms with Crippen molar-refractivity contribution in [2.24, 2.45) is 0 Å². The van der Waals surface area contributed by atoms with Gasteiger partial charge in [-0.3, -0.25) is 14.6 Å². The summed E-state index contributed by atoms with van der Waals surface area (Å²) < 4.78 is 1.85. The molecule has 0 bridgehead atoms. The van der Waals surface area contributed by atoms with E-state index in [1.165, 1.54) is 11.1 Å². The largest absolute Gasteiger partial charge is 0.315 e. The van der Waals surface area contributed by atoms with E-state index < -0.39 is 0 Å². The molecule has 0 aliphatic carbocycles. The lowest BCUT2D eigenvalue weighted by Gasteiger charge is -2.08. The van der Waals surface area contributed by atoms with Crippen LogP contribution in [0.5, 0.6) is 0 Å². The van der Waals surface area contributed by atoms with Crippen molar-refractivity contribution in [3.8, 4) is 5.69 Å². The number of aromatic nitrogens is 2. The molecule has 0 atom stereocenters. The molecule has 0 spiro atoms. The number of aromatic amines is 1. The predicted molar refractivity (Wildman–Crippen MR) is 73.4 cm³/mol. The summed E-state index contributed by atoms with van der Waals surface area (Å²) in [6.45, 7) is 6.69. The van der Waals surface area contributed by atoms with E-state index in [-0.39, 0.29) is 5.56 Å². The van der Waals surface area contributed by atoms with E-state index in [2.05, 4.69) is 36.4 Å². The molecule has 18 heavy (non-hydrogen) atoms. The molecular weight excluding hydrogens is 226 g/mol. The van der Waals surface area contributed by atoms with Gasteiger partial charge in [0, 0.05) is 12.2 Å². The predicted octanol–water partition coefficient (Wildman–Crippen LogP) is 1.81. The first-order valence-electron chi connectivity index (χ1n) is 6.07. The fourth-order valence-corrected chi connectivity index (χ4v) is 2.06. The molecule has 2 rings (SSSR count). The minimum absolute atomic E-state index is 0.0277. The first kappa shape index (κ1) is 12.6. The quantitative estimate of drug-likeness (QED) is 0.866. The van der Waals surface area contributed by atoms with Crippen molar-refractivity contribution < 1.29 is 0 Å². The van der Waals surface area contributed by atoms with Gasteiger partial charge in [0.15, 0.2) is 0 Å². The van der Waals surface area contributed by atoms with Gasteiger partial charge in [-0.1, -0.05) is 6.07 Å². The molecule has 0 aliphatic heterocycles. The Bertz CT molecular complexity index is 622. The molecule has 0 saturated heterocycles. The number of nitrogens with one attached hydrogen (secondary N) is 2. The highest BCUT2D eigenvalue weighted by Gasteiger charge is 2.11. The average Bonchev–Trinajstić information content (AvgIpc) is 2.61. The van der Waals surface area contributed by atoms with Gasteiger partial charge < -0.3 is 5.32 Å². The van der Waals surface area contributed by atoms with Gasteiger partial charge in [-0.15, -0.1) is 0 Å². The van der Waals surface area contributed by atoms with Crippen LogP contribution in [-0.4, -0.2) is 16.8 Å². The van der Waals surface area contributed by atoms with E-state index >= 15 is 0 Å². The maximum Gasteiger partial charge on any atom is 0.269 e. The highest BCUT2D eigenvalue weighted by atomic mass is 16.1. The molecule has 2 N–H and O–H groups in total. The third-order valence-corrected chi connectivity index (χ3v) is 3.36. The van der Waals surface area contributed by atoms with Gasteiger partial charge in [0.05, 0.1) is 11.3 Å². The van der Waals surface area contributed by atoms with E-state index in [4.69, 9.17) is 0 Å². The zero-order chi connectivity index (χ0) is 13.3. The molecule has 2 aromatic rings. The van der Waals surface area contributed by atoms with Crippen LogP contribution in [0.2, 0.25) is 0 Å². The standard InChI is InChI=1S/C14H19N3O/c1-9-5-6-12(7-10(9)2)17-11(3)13(8-15-4)14(18)16-17/h5-7,15H,8H2,1-4H3,(H,16,18). The Morgan fingerprint density at radius 2 is 1.94 bits per heavy atom. The SMILES string of the molecule is CNCc1c(C)n(-c2ccc(C)c(C)c2)[nH]c1=O. The number of nitrogens with zero attached hydrogens (tertiary/aromatic N) is 1. The van der Waals surface area contributed by atoms with Crippen molar-refractivity contribution >= 4 is 0 Å². The molecule has 1 aromatic carbocycles. The summed E-state index contributed by atoms with van der Waals surface area (Å²) in [5.74, 6) is 0. The van der Waals surface area contributed by atoms with Crippen LogP contribution >= 0.6 is 0 Å². The van der Waals surface area contributed by atoms with E-state index in [9.17, 15) is 4.79 Å². The van der Waals surface area contributed by atoms with Crippen LogP contribution in [0, 0.1) is 20.8 Å². The Hall–Kier alpha value is -1.81. The van der Waals surface area contributed by atoms with Crippen molar-refractivity contribution in [1.82, 2.24) is 15.1 Å². The summed E-state index contributed by atoms with van der Waals surface area (Å²) in [5.41, 5.74) is 5.18. The molecule has 0 unspecified atom stereocenters. The van der Waals surface area contributed by atoms with Gasteiger partial charge >= 0.3 is 0 Å². The Morgan fingerprint density at radius 1 is 1.22 bits per heavy atom. The Kier molecular flexibility index (Phi) is 3.39. The fourth-order valence-electron chi connectivity index (χ4n) is 2.06. The average molecular weight is 245 g/mol. The van der Waals surface area contributed by atoms with Crippen molar-refractivity contribution in [3.05, 3.63) is 50.9 Å². The fraction of sp³-hybridized carbons (Fsp3) is 0.357. The van der Waals surface area contributed by atoms with Gasteiger partial charge in [0.25, 0.3) is 5.56 Å². The van der Waals surface area contributed by atoms with Crippen LogP contribution in [0.15, 0.2) is 23.0 Å². The topological polar surface area (TPSA) is 49.8 Å². The minimum Gasteiger partial charge on any atom is -0.315 e. The highest BCUT2D eigenvalue weighted by Crippen LogP contribution is 2.15. The molecule has 0 saturated carbocycles. The molecule has 0 amide bonds. The normalized spacial score (nSPS) is 10.9. The number of benzene rings is 1. The summed E-state index contributed by atoms with van der Waals surface area (Å²) >= 11 is 0. The molecule has 0 fully saturated rings. The molecular formula is C14H19N3O. The molecule has 96 valence electrons. The lowest BCUT2D eigenvalue weighted by atomic mass is 10.1. The van der Waals surface area contributed by atoms with Crippen molar-refractivity contribution in [1.29, 1.82) is 0 Å². The van der Waals surface area contributed by atoms with Gasteiger partial charge in [-0.25, -0.2) is 0 Å². The molecule has 0 aliphatic rings. The van der Waals surface area contributed by atoms with Crippen molar-refractivity contribution in [2.75, 3.05) is 7.05 Å². The lowest BCUT2D eigenvalue weighted by molar-refractivity contribution is 0.801. The second-order valence-electron chi connectivity index (χ2n) is 4.64. The van der Waals surface area contributed by atoms with Gasteiger partial charge in [-0.05, 0) is 51.1 Å². The van der Waals surface area contributed by atoms with Crippen LogP contribution in [0.25, 0.3) is 5.69 Å². The lowest BCUT2D eigenvalue weighted by Crippen LogP contribution is -2.14. The molecule has 4 nitrogen and oxygen atoms in total. The first-order chi connectivity index (χ1) is 8.54. The summed E-state index contributed by atoms with van der Waals surface area (Å²) in [4.78, 5) is 11.9. The summed E-state index contributed by atoms with van der Waals surface area (Å²) in [7, 11) is 1.84. The Morgan fingerprint density at radius 3 is 2.56 bits per heavy atom. The second kappa shape index (κ2) is 4.82. The van der Waals surface area contributed by atoms with E-state index in [1.807, 2.05) is 24.7 Å². The smallest absolute Gasteiger partial charge is 0.269 e. The van der Waals surface area contributed by atoms with Gasteiger partial charge in [0.1, 0.15) is 0 Å². The highest BCUT2D eigenvalue weighted by molar-refractivity contribution is 5.41. The zero-order valence-electron chi connectivity index (χ0n) is 11.3. The van der Waals surface area contributed by atoms with Crippen LogP contribution < -0.4 is 10.9 Å². The minimum atomic E-state index is -0.0277. The third-order valence-electron chi connectivity index (χ3n) is 3.36. The van der Waals surface area contributed by atoms with Crippen molar-refractivity contribution in [2.45, 2.75) is 27.3 Å². The Labute approximate surface area is 107 Å². The first-order valence-corrected chi connectivity index (χ1v) is 6.07. The summed E-state index contributed by atoms with van der Waals surface area (Å²) in [6, 6.07) is 6.18. The van der Waals surface area contributed by atoms with E-state index in [0.717, 1.165) is 16.9 Å². The third kappa shape index (κ3) is 2.11. The van der Waals surface area contributed by atoms with Crippen LogP contribution in [0.4, 0.5) is 0 Å². The van der Waals surface area contributed by atoms with Crippen LogP contribution in [0.1, 0.15) is 22.4 Å². The van der Waals surface area contributed by atoms with Gasteiger partial charge in [-0.2, -0.15) is 0 Å². The number of aryl methyl sites for hydroxylation is 2. The number of hydrogen-bond acceptors (Lipinski definition) is 2. The number of hydrogen-bond donors (Lipinski definition) is 2. The van der Waals surface area contributed by atoms with E-state index in [1.54, 1.807) is 0 Å².